The second kappa shape index (κ2) is 10.4. The minimum absolute atomic E-state index is 0. The topological polar surface area (TPSA) is 9.23 Å². The average Bonchev–Trinajstić information content (AvgIpc) is 3.18. The minimum atomic E-state index is -2.47. The Morgan fingerprint density at radius 2 is 1.57 bits per heavy atom. The van der Waals surface area contributed by atoms with E-state index in [1.165, 1.54) is 39.0 Å². The van der Waals surface area contributed by atoms with E-state index in [0.29, 0.717) is 0 Å². The number of allylic oxidation sites excluding steroid dienone is 5. The molecule has 5 rings (SSSR count). The maximum absolute atomic E-state index is 6.87. The molecule has 0 aromatic heterocycles. The molecule has 3 aromatic rings. The summed E-state index contributed by atoms with van der Waals surface area (Å²) in [6.45, 7) is 8.90. The Morgan fingerprint density at radius 1 is 0.886 bits per heavy atom. The molecule has 0 fully saturated rings. The predicted molar refractivity (Wildman–Crippen MR) is 152 cm³/mol. The van der Waals surface area contributed by atoms with Crippen LogP contribution in [0.1, 0.15) is 48.6 Å². The van der Waals surface area contributed by atoms with Gasteiger partial charge >= 0.3 is 205 Å². The second-order valence-electron chi connectivity index (χ2n) is 10.1. The van der Waals surface area contributed by atoms with Gasteiger partial charge in [0.15, 0.2) is 0 Å². The summed E-state index contributed by atoms with van der Waals surface area (Å²) in [5.41, 5.74) is 9.06. The first-order chi connectivity index (χ1) is 15.8. The molecule has 1 atom stereocenters. The molecule has 0 radical (unpaired) electrons. The van der Waals surface area contributed by atoms with E-state index >= 15 is 0 Å². The fourth-order valence-corrected chi connectivity index (χ4v) is 7.83. The van der Waals surface area contributed by atoms with Crippen LogP contribution in [0.4, 0.5) is 0 Å². The third kappa shape index (κ3) is 4.93. The zero-order valence-electron chi connectivity index (χ0n) is 20.7. The van der Waals surface area contributed by atoms with E-state index < -0.39 is 17.8 Å². The number of hydrogen-bond donors (Lipinski definition) is 0. The van der Waals surface area contributed by atoms with Gasteiger partial charge in [-0.1, -0.05) is 0 Å². The molecule has 0 N–H and O–H groups in total. The zero-order chi connectivity index (χ0) is 23.2. The van der Waals surface area contributed by atoms with Gasteiger partial charge in [-0.25, -0.2) is 0 Å². The molecule has 0 spiro atoms. The van der Waals surface area contributed by atoms with Crippen LogP contribution in [0.3, 0.4) is 0 Å². The monoisotopic (exact) mass is 538 g/mol. The van der Waals surface area contributed by atoms with Gasteiger partial charge in [0.25, 0.3) is 0 Å². The van der Waals surface area contributed by atoms with Crippen LogP contribution in [0.5, 0.6) is 5.75 Å². The van der Waals surface area contributed by atoms with Gasteiger partial charge in [-0.3, -0.25) is 0 Å². The van der Waals surface area contributed by atoms with Crippen molar-refractivity contribution >= 4 is 41.3 Å². The molecule has 2 aliphatic rings. The first kappa shape index (κ1) is 27.4. The number of hydrogen-bond acceptors (Lipinski definition) is 1. The molecule has 2 aliphatic carbocycles. The molecule has 1 unspecified atom stereocenters. The summed E-state index contributed by atoms with van der Waals surface area (Å²) >= 11 is -2.47. The van der Waals surface area contributed by atoms with Gasteiger partial charge in [0.1, 0.15) is 0 Å². The Bertz CT molecular complexity index is 1350. The summed E-state index contributed by atoms with van der Waals surface area (Å²) in [5, 5.41) is 0. The molecule has 1 nitrogen and oxygen atoms in total. The van der Waals surface area contributed by atoms with Crippen molar-refractivity contribution in [3.8, 4) is 5.75 Å². The molecule has 4 heteroatoms. The molecule has 0 heterocycles. The standard InChI is InChI=1S/C19H13.C11H16O.CH2.2ClH.Ti/c1-2-7-14(8-3-1)16-11-6-12-18-17-10-5-4-9-15(17)13-19(16)18;1-8-5-9(11(2,3)4)7-10(12)6-8;;;;/h1-13H;5-7,12H,1-4H3;1H2;2*1H;/q;;;;;+1/p-1. The van der Waals surface area contributed by atoms with Gasteiger partial charge in [-0.05, 0) is 0 Å². The first-order valence-electron chi connectivity index (χ1n) is 11.6. The van der Waals surface area contributed by atoms with Crippen molar-refractivity contribution in [2.75, 3.05) is 0 Å². The summed E-state index contributed by atoms with van der Waals surface area (Å²) in [5.74, 6) is 0.945. The van der Waals surface area contributed by atoms with Crippen molar-refractivity contribution in [2.24, 2.45) is 0 Å². The summed E-state index contributed by atoms with van der Waals surface area (Å²) in [4.78, 5) is 4.78. The Hall–Kier alpha value is -2.16. The molecule has 0 aliphatic heterocycles. The number of halogens is 2. The van der Waals surface area contributed by atoms with E-state index in [9.17, 15) is 0 Å². The Balaban J connectivity index is 0.00000171. The van der Waals surface area contributed by atoms with Crippen molar-refractivity contribution < 1.29 is 21.1 Å². The third-order valence-corrected chi connectivity index (χ3v) is 9.96. The van der Waals surface area contributed by atoms with E-state index in [1.807, 2.05) is 0 Å². The van der Waals surface area contributed by atoms with E-state index in [-0.39, 0.29) is 33.9 Å². The van der Waals surface area contributed by atoms with Gasteiger partial charge in [0.2, 0.25) is 0 Å². The molecule has 0 bridgehead atoms. The SMILES string of the molecule is Cl.Cl.[CH2]=[Ti]([O]c1cc(C)cc(C(C)(C)C)c1)[C]1(c2ccccc2)C=CC=C2C1=Cc1ccccc12. The molecule has 0 saturated heterocycles. The molecule has 35 heavy (non-hydrogen) atoms. The van der Waals surface area contributed by atoms with Crippen LogP contribution in [0.2, 0.25) is 0 Å². The van der Waals surface area contributed by atoms with Crippen molar-refractivity contribution in [3.63, 3.8) is 0 Å². The van der Waals surface area contributed by atoms with Gasteiger partial charge in [-0.15, -0.1) is 24.8 Å². The van der Waals surface area contributed by atoms with E-state index in [1.54, 1.807) is 0 Å². The van der Waals surface area contributed by atoms with Crippen LogP contribution in [0.25, 0.3) is 11.6 Å². The van der Waals surface area contributed by atoms with Gasteiger partial charge in [0, 0.05) is 0 Å². The average molecular weight is 539 g/mol. The quantitative estimate of drug-likeness (QED) is 0.303. The van der Waals surface area contributed by atoms with Crippen molar-refractivity contribution in [1.29, 1.82) is 0 Å². The molecule has 3 aromatic carbocycles. The van der Waals surface area contributed by atoms with Crippen molar-refractivity contribution in [2.45, 2.75) is 36.8 Å². The Morgan fingerprint density at radius 3 is 2.29 bits per heavy atom. The van der Waals surface area contributed by atoms with Crippen LogP contribution >= 0.6 is 24.8 Å². The van der Waals surface area contributed by atoms with Gasteiger partial charge in [-0.2, -0.15) is 0 Å². The van der Waals surface area contributed by atoms with Crippen LogP contribution in [0.15, 0.2) is 96.6 Å². The summed E-state index contributed by atoms with van der Waals surface area (Å²) in [7, 11) is 0. The number of aryl methyl sites for hydroxylation is 1. The summed E-state index contributed by atoms with van der Waals surface area (Å²) in [6, 6.07) is 26.1. The second-order valence-corrected chi connectivity index (χ2v) is 12.9. The van der Waals surface area contributed by atoms with Crippen LogP contribution in [-0.2, 0) is 26.9 Å². The maximum atomic E-state index is 6.87. The first-order valence-corrected chi connectivity index (χ1v) is 14.1. The molecule has 0 amide bonds. The van der Waals surface area contributed by atoms with Crippen LogP contribution in [-0.4, -0.2) is 4.82 Å². The predicted octanol–water partition coefficient (Wildman–Crippen LogP) is 8.43. The summed E-state index contributed by atoms with van der Waals surface area (Å²) in [6.07, 6.45) is 9.15. The normalized spacial score (nSPS) is 17.7. The van der Waals surface area contributed by atoms with E-state index in [0.717, 1.165) is 5.75 Å². The van der Waals surface area contributed by atoms with E-state index in [4.69, 9.17) is 8.14 Å². The number of fused-ring (bicyclic) bond motifs is 3. The fourth-order valence-electron chi connectivity index (χ4n) is 4.95. The van der Waals surface area contributed by atoms with Crippen LogP contribution < -0.4 is 3.32 Å². The molecule has 0 saturated carbocycles. The Labute approximate surface area is 228 Å². The number of benzene rings is 3. The van der Waals surface area contributed by atoms with Crippen molar-refractivity contribution in [3.05, 3.63) is 124 Å². The molecular weight excluding hydrogens is 507 g/mol. The number of rotatable bonds is 4. The molecule has 180 valence electrons. The third-order valence-electron chi connectivity index (χ3n) is 6.70. The fraction of sp³-hybridized carbons (Fsp3) is 0.194. The Kier molecular flexibility index (Phi) is 8.19. The van der Waals surface area contributed by atoms with Gasteiger partial charge in [0.05, 0.1) is 0 Å². The zero-order valence-corrected chi connectivity index (χ0v) is 23.9. The van der Waals surface area contributed by atoms with E-state index in [2.05, 4.69) is 125 Å². The van der Waals surface area contributed by atoms with Crippen LogP contribution in [0, 0.1) is 6.92 Å². The van der Waals surface area contributed by atoms with Crippen molar-refractivity contribution in [1.82, 2.24) is 0 Å². The summed E-state index contributed by atoms with van der Waals surface area (Å²) < 4.78 is 6.55. The van der Waals surface area contributed by atoms with Gasteiger partial charge < -0.3 is 0 Å². The molecular formula is C31H32Cl2OTi.